The Kier molecular flexibility index (Phi) is 3.12. The molecule has 1 rings (SSSR count). The van der Waals surface area contributed by atoms with Gasteiger partial charge in [0.1, 0.15) is 0 Å². The number of rotatable bonds is 3. The van der Waals surface area contributed by atoms with Gasteiger partial charge in [0.2, 0.25) is 0 Å². The molecule has 1 aromatic rings. The fourth-order valence-electron chi connectivity index (χ4n) is 1.43. The minimum absolute atomic E-state index is 0.0563. The summed E-state index contributed by atoms with van der Waals surface area (Å²) in [6.07, 6.45) is 0.453. The van der Waals surface area contributed by atoms with Crippen LogP contribution in [-0.2, 0) is 0 Å². The molecule has 0 aliphatic carbocycles. The monoisotopic (exact) mass is 194 g/mol. The topological polar surface area (TPSA) is 46.5 Å². The third-order valence-corrected chi connectivity index (χ3v) is 2.21. The lowest BCUT2D eigenvalue weighted by Crippen LogP contribution is -2.01. The van der Waals surface area contributed by atoms with Crippen molar-refractivity contribution in [2.45, 2.75) is 20.3 Å². The van der Waals surface area contributed by atoms with Crippen molar-refractivity contribution in [3.05, 3.63) is 23.3 Å². The highest BCUT2D eigenvalue weighted by atomic mass is 16.5. The number of Topliss-reactive ketones (excluding diaryl/α,β-unsaturated/α-hetero) is 1. The summed E-state index contributed by atoms with van der Waals surface area (Å²) in [5.74, 6) is 0.503. The molecule has 14 heavy (non-hydrogen) atoms. The zero-order valence-corrected chi connectivity index (χ0v) is 8.63. The highest BCUT2D eigenvalue weighted by Gasteiger charge is 2.13. The lowest BCUT2D eigenvalue weighted by atomic mass is 10.0. The summed E-state index contributed by atoms with van der Waals surface area (Å²) in [6.45, 7) is 3.57. The van der Waals surface area contributed by atoms with Crippen molar-refractivity contribution in [3.8, 4) is 11.5 Å². The Morgan fingerprint density at radius 2 is 2.14 bits per heavy atom. The maximum absolute atomic E-state index is 11.5. The first-order chi connectivity index (χ1) is 6.61. The van der Waals surface area contributed by atoms with Crippen LogP contribution in [-0.4, -0.2) is 18.0 Å². The van der Waals surface area contributed by atoms with Crippen molar-refractivity contribution in [2.75, 3.05) is 7.11 Å². The molecule has 3 nitrogen and oxygen atoms in total. The van der Waals surface area contributed by atoms with Gasteiger partial charge in [-0.25, -0.2) is 0 Å². The summed E-state index contributed by atoms with van der Waals surface area (Å²) >= 11 is 0. The van der Waals surface area contributed by atoms with Crippen LogP contribution in [0.5, 0.6) is 11.5 Å². The summed E-state index contributed by atoms with van der Waals surface area (Å²) in [5, 5.41) is 9.43. The molecule has 1 N–H and O–H groups in total. The van der Waals surface area contributed by atoms with E-state index in [-0.39, 0.29) is 11.5 Å². The third kappa shape index (κ3) is 1.71. The standard InChI is InChI=1S/C11H14O3/c1-4-9(12)8-5-6-10(13)11(14-3)7(8)2/h5-6,13H,4H2,1-3H3. The fraction of sp³-hybridized carbons (Fsp3) is 0.364. The summed E-state index contributed by atoms with van der Waals surface area (Å²) < 4.78 is 5.01. The van der Waals surface area contributed by atoms with Crippen LogP contribution in [0.2, 0.25) is 0 Å². The van der Waals surface area contributed by atoms with Crippen molar-refractivity contribution in [1.82, 2.24) is 0 Å². The number of ether oxygens (including phenoxy) is 1. The molecule has 0 aliphatic heterocycles. The van der Waals surface area contributed by atoms with Gasteiger partial charge in [-0.1, -0.05) is 6.92 Å². The minimum atomic E-state index is 0.0563. The quantitative estimate of drug-likeness (QED) is 0.751. The Morgan fingerprint density at radius 1 is 1.50 bits per heavy atom. The average molecular weight is 194 g/mol. The van der Waals surface area contributed by atoms with E-state index >= 15 is 0 Å². The number of carbonyl (C=O) groups excluding carboxylic acids is 1. The third-order valence-electron chi connectivity index (χ3n) is 2.21. The molecular formula is C11H14O3. The Morgan fingerprint density at radius 3 is 2.64 bits per heavy atom. The van der Waals surface area contributed by atoms with Gasteiger partial charge in [0.15, 0.2) is 17.3 Å². The van der Waals surface area contributed by atoms with E-state index in [9.17, 15) is 9.90 Å². The zero-order valence-electron chi connectivity index (χ0n) is 8.63. The molecule has 76 valence electrons. The molecule has 3 heteroatoms. The molecule has 0 bridgehead atoms. The maximum atomic E-state index is 11.5. The SMILES string of the molecule is CCC(=O)c1ccc(O)c(OC)c1C. The van der Waals surface area contributed by atoms with Gasteiger partial charge in [-0.05, 0) is 19.1 Å². The Labute approximate surface area is 83.3 Å². The number of ketones is 1. The molecule has 0 radical (unpaired) electrons. The van der Waals surface area contributed by atoms with Crippen LogP contribution in [0.1, 0.15) is 29.3 Å². The van der Waals surface area contributed by atoms with Gasteiger partial charge in [0.25, 0.3) is 0 Å². The molecule has 0 saturated heterocycles. The van der Waals surface area contributed by atoms with Crippen LogP contribution in [0.25, 0.3) is 0 Å². The number of hydrogen-bond donors (Lipinski definition) is 1. The van der Waals surface area contributed by atoms with Gasteiger partial charge in [0, 0.05) is 17.5 Å². The normalized spacial score (nSPS) is 9.93. The summed E-state index contributed by atoms with van der Waals surface area (Å²) in [6, 6.07) is 3.10. The van der Waals surface area contributed by atoms with Crippen molar-refractivity contribution in [3.63, 3.8) is 0 Å². The first-order valence-corrected chi connectivity index (χ1v) is 4.51. The van der Waals surface area contributed by atoms with Gasteiger partial charge in [-0.15, -0.1) is 0 Å². The zero-order chi connectivity index (χ0) is 10.7. The molecule has 0 aromatic heterocycles. The second-order valence-electron chi connectivity index (χ2n) is 3.07. The summed E-state index contributed by atoms with van der Waals surface area (Å²) in [5.41, 5.74) is 1.31. The first-order valence-electron chi connectivity index (χ1n) is 4.51. The number of methoxy groups -OCH3 is 1. The number of hydrogen-bond acceptors (Lipinski definition) is 3. The van der Waals surface area contributed by atoms with Gasteiger partial charge in [-0.2, -0.15) is 0 Å². The average Bonchev–Trinajstić information content (AvgIpc) is 2.18. The van der Waals surface area contributed by atoms with Crippen molar-refractivity contribution in [1.29, 1.82) is 0 Å². The van der Waals surface area contributed by atoms with E-state index < -0.39 is 0 Å². The van der Waals surface area contributed by atoms with Crippen LogP contribution in [0.3, 0.4) is 0 Å². The molecule has 0 saturated carbocycles. The molecule has 0 spiro atoms. The molecule has 0 amide bonds. The second kappa shape index (κ2) is 4.13. The van der Waals surface area contributed by atoms with Gasteiger partial charge in [0.05, 0.1) is 7.11 Å². The number of aromatic hydroxyl groups is 1. The van der Waals surface area contributed by atoms with Crippen molar-refractivity contribution >= 4 is 5.78 Å². The maximum Gasteiger partial charge on any atom is 0.164 e. The highest BCUT2D eigenvalue weighted by Crippen LogP contribution is 2.32. The highest BCUT2D eigenvalue weighted by molar-refractivity contribution is 5.98. The lowest BCUT2D eigenvalue weighted by Gasteiger charge is -2.10. The van der Waals surface area contributed by atoms with Crippen LogP contribution in [0.15, 0.2) is 12.1 Å². The molecule has 0 heterocycles. The number of benzene rings is 1. The number of phenols is 1. The first kappa shape index (κ1) is 10.6. The Bertz CT molecular complexity index is 356. The van der Waals surface area contributed by atoms with Crippen molar-refractivity contribution < 1.29 is 14.6 Å². The fourth-order valence-corrected chi connectivity index (χ4v) is 1.43. The van der Waals surface area contributed by atoms with E-state index in [0.29, 0.717) is 23.3 Å². The van der Waals surface area contributed by atoms with Crippen LogP contribution >= 0.6 is 0 Å². The second-order valence-corrected chi connectivity index (χ2v) is 3.07. The lowest BCUT2D eigenvalue weighted by molar-refractivity contribution is 0.0987. The number of carbonyl (C=O) groups is 1. The van der Waals surface area contributed by atoms with Crippen molar-refractivity contribution in [2.24, 2.45) is 0 Å². The predicted molar refractivity (Wildman–Crippen MR) is 54.0 cm³/mol. The van der Waals surface area contributed by atoms with E-state index in [1.54, 1.807) is 19.9 Å². The van der Waals surface area contributed by atoms with Gasteiger partial charge >= 0.3 is 0 Å². The molecule has 0 atom stereocenters. The Hall–Kier alpha value is -1.51. The van der Waals surface area contributed by atoms with E-state index in [0.717, 1.165) is 0 Å². The number of phenolic OH excluding ortho intramolecular Hbond substituents is 1. The van der Waals surface area contributed by atoms with Gasteiger partial charge in [-0.3, -0.25) is 4.79 Å². The van der Waals surface area contributed by atoms with Crippen LogP contribution < -0.4 is 4.74 Å². The molecule has 0 fully saturated rings. The molecule has 1 aromatic carbocycles. The predicted octanol–water partition coefficient (Wildman–Crippen LogP) is 2.30. The molecule has 0 unspecified atom stereocenters. The summed E-state index contributed by atoms with van der Waals surface area (Å²) in [7, 11) is 1.47. The largest absolute Gasteiger partial charge is 0.504 e. The van der Waals surface area contributed by atoms with E-state index in [2.05, 4.69) is 0 Å². The van der Waals surface area contributed by atoms with E-state index in [1.807, 2.05) is 0 Å². The molecular weight excluding hydrogens is 180 g/mol. The van der Waals surface area contributed by atoms with E-state index in [1.165, 1.54) is 13.2 Å². The van der Waals surface area contributed by atoms with Crippen LogP contribution in [0, 0.1) is 6.92 Å². The minimum Gasteiger partial charge on any atom is -0.504 e. The molecule has 0 aliphatic rings. The van der Waals surface area contributed by atoms with E-state index in [4.69, 9.17) is 4.74 Å². The summed E-state index contributed by atoms with van der Waals surface area (Å²) in [4.78, 5) is 11.5. The smallest absolute Gasteiger partial charge is 0.164 e. The van der Waals surface area contributed by atoms with Gasteiger partial charge < -0.3 is 9.84 Å². The van der Waals surface area contributed by atoms with Crippen LogP contribution in [0.4, 0.5) is 0 Å². The Balaban J connectivity index is 3.28.